The van der Waals surface area contributed by atoms with Crippen molar-refractivity contribution in [3.05, 3.63) is 63.6 Å². The zero-order chi connectivity index (χ0) is 15.9. The molecule has 2 N–H and O–H groups in total. The molecule has 0 heterocycles. The van der Waals surface area contributed by atoms with Crippen LogP contribution in [0.25, 0.3) is 0 Å². The van der Waals surface area contributed by atoms with Crippen molar-refractivity contribution in [3.8, 4) is 5.75 Å². The van der Waals surface area contributed by atoms with Crippen molar-refractivity contribution in [2.45, 2.75) is 26.2 Å². The van der Waals surface area contributed by atoms with Crippen LogP contribution in [0.5, 0.6) is 5.75 Å². The van der Waals surface area contributed by atoms with Gasteiger partial charge >= 0.3 is 0 Å². The molecule has 0 unspecified atom stereocenters. The van der Waals surface area contributed by atoms with E-state index >= 15 is 0 Å². The highest BCUT2D eigenvalue weighted by Crippen LogP contribution is 2.25. The van der Waals surface area contributed by atoms with E-state index in [-0.39, 0.29) is 0 Å². The van der Waals surface area contributed by atoms with Crippen molar-refractivity contribution in [1.29, 1.82) is 0 Å². The van der Waals surface area contributed by atoms with Crippen LogP contribution in [-0.4, -0.2) is 17.8 Å². The SMILES string of the molecule is C[C@@H](O)CNCc1cc(Cl)ccc1OCc1ccccc1Cl. The largest absolute Gasteiger partial charge is 0.489 e. The lowest BCUT2D eigenvalue weighted by Gasteiger charge is -2.14. The molecule has 0 fully saturated rings. The lowest BCUT2D eigenvalue weighted by atomic mass is 10.2. The Bertz CT molecular complexity index is 617. The van der Waals surface area contributed by atoms with Crippen molar-refractivity contribution in [2.75, 3.05) is 6.54 Å². The number of aliphatic hydroxyl groups excluding tert-OH is 1. The van der Waals surface area contributed by atoms with Crippen LogP contribution in [0.3, 0.4) is 0 Å². The second kappa shape index (κ2) is 8.39. The smallest absolute Gasteiger partial charge is 0.124 e. The summed E-state index contributed by atoms with van der Waals surface area (Å²) in [5, 5.41) is 13.8. The number of rotatable bonds is 7. The van der Waals surface area contributed by atoms with Gasteiger partial charge in [-0.25, -0.2) is 0 Å². The van der Waals surface area contributed by atoms with Gasteiger partial charge < -0.3 is 15.2 Å². The summed E-state index contributed by atoms with van der Waals surface area (Å²) in [6.45, 7) is 3.21. The summed E-state index contributed by atoms with van der Waals surface area (Å²) in [5.74, 6) is 0.752. The molecule has 0 spiro atoms. The van der Waals surface area contributed by atoms with Gasteiger partial charge in [0.15, 0.2) is 0 Å². The van der Waals surface area contributed by atoms with Gasteiger partial charge in [-0.05, 0) is 31.2 Å². The second-order valence-corrected chi connectivity index (χ2v) is 5.96. The van der Waals surface area contributed by atoms with E-state index in [4.69, 9.17) is 27.9 Å². The molecule has 22 heavy (non-hydrogen) atoms. The molecule has 0 radical (unpaired) electrons. The topological polar surface area (TPSA) is 41.5 Å². The van der Waals surface area contributed by atoms with Gasteiger partial charge in [-0.2, -0.15) is 0 Å². The van der Waals surface area contributed by atoms with Gasteiger partial charge in [-0.3, -0.25) is 0 Å². The molecular formula is C17H19Cl2NO2. The third kappa shape index (κ3) is 5.18. The van der Waals surface area contributed by atoms with E-state index in [0.29, 0.717) is 29.7 Å². The van der Waals surface area contributed by atoms with Crippen LogP contribution in [-0.2, 0) is 13.2 Å². The van der Waals surface area contributed by atoms with Crippen LogP contribution in [0.1, 0.15) is 18.1 Å². The Balaban J connectivity index is 2.05. The van der Waals surface area contributed by atoms with Crippen LogP contribution in [0, 0.1) is 0 Å². The Hall–Kier alpha value is -1.26. The van der Waals surface area contributed by atoms with Gasteiger partial charge in [-0.15, -0.1) is 0 Å². The van der Waals surface area contributed by atoms with E-state index in [2.05, 4.69) is 5.32 Å². The predicted molar refractivity (Wildman–Crippen MR) is 90.6 cm³/mol. The maximum Gasteiger partial charge on any atom is 0.124 e. The maximum atomic E-state index is 9.30. The fourth-order valence-electron chi connectivity index (χ4n) is 2.01. The summed E-state index contributed by atoms with van der Waals surface area (Å²) in [5.41, 5.74) is 1.88. The molecule has 3 nitrogen and oxygen atoms in total. The molecule has 2 aromatic rings. The Morgan fingerprint density at radius 1 is 1.14 bits per heavy atom. The zero-order valence-electron chi connectivity index (χ0n) is 12.4. The van der Waals surface area contributed by atoms with Gasteiger partial charge in [0.25, 0.3) is 0 Å². The second-order valence-electron chi connectivity index (χ2n) is 5.11. The summed E-state index contributed by atoms with van der Waals surface area (Å²) >= 11 is 12.2. The molecule has 0 saturated carbocycles. The van der Waals surface area contributed by atoms with E-state index < -0.39 is 6.10 Å². The Kier molecular flexibility index (Phi) is 6.52. The standard InChI is InChI=1S/C17H19Cl2NO2/c1-12(21)9-20-10-14-8-15(18)6-7-17(14)22-11-13-4-2-3-5-16(13)19/h2-8,12,20-21H,9-11H2,1H3/t12-/m1/s1. The van der Waals surface area contributed by atoms with Gasteiger partial charge in [0.1, 0.15) is 12.4 Å². The zero-order valence-corrected chi connectivity index (χ0v) is 13.9. The minimum absolute atomic E-state index is 0.394. The lowest BCUT2D eigenvalue weighted by Crippen LogP contribution is -2.24. The first-order valence-electron chi connectivity index (χ1n) is 7.09. The number of hydrogen-bond donors (Lipinski definition) is 2. The number of halogens is 2. The average molecular weight is 340 g/mol. The minimum Gasteiger partial charge on any atom is -0.489 e. The number of aliphatic hydroxyl groups is 1. The highest BCUT2D eigenvalue weighted by molar-refractivity contribution is 6.31. The van der Waals surface area contributed by atoms with Gasteiger partial charge in [0.2, 0.25) is 0 Å². The molecule has 2 rings (SSSR count). The summed E-state index contributed by atoms with van der Waals surface area (Å²) < 4.78 is 5.87. The molecule has 0 saturated heterocycles. The first kappa shape index (κ1) is 17.1. The van der Waals surface area contributed by atoms with Crippen molar-refractivity contribution in [2.24, 2.45) is 0 Å². The molecule has 118 valence electrons. The number of hydrogen-bond acceptors (Lipinski definition) is 3. The van der Waals surface area contributed by atoms with Crippen molar-refractivity contribution in [3.63, 3.8) is 0 Å². The lowest BCUT2D eigenvalue weighted by molar-refractivity contribution is 0.190. The molecule has 0 aromatic heterocycles. The van der Waals surface area contributed by atoms with E-state index in [0.717, 1.165) is 16.9 Å². The minimum atomic E-state index is -0.397. The highest BCUT2D eigenvalue weighted by Gasteiger charge is 2.07. The van der Waals surface area contributed by atoms with Gasteiger partial charge in [0.05, 0.1) is 6.10 Å². The fraction of sp³-hybridized carbons (Fsp3) is 0.294. The first-order chi connectivity index (χ1) is 10.6. The number of benzene rings is 2. The summed E-state index contributed by atoms with van der Waals surface area (Å²) in [6, 6.07) is 13.1. The summed E-state index contributed by atoms with van der Waals surface area (Å²) in [4.78, 5) is 0. The molecule has 2 aromatic carbocycles. The maximum absolute atomic E-state index is 9.30. The van der Waals surface area contributed by atoms with E-state index in [9.17, 15) is 5.11 Å². The molecular weight excluding hydrogens is 321 g/mol. The molecule has 0 aliphatic heterocycles. The van der Waals surface area contributed by atoms with Crippen molar-refractivity contribution >= 4 is 23.2 Å². The number of ether oxygens (including phenoxy) is 1. The Labute approximate surface area is 140 Å². The van der Waals surface area contributed by atoms with Crippen LogP contribution >= 0.6 is 23.2 Å². The third-order valence-electron chi connectivity index (χ3n) is 3.12. The monoisotopic (exact) mass is 339 g/mol. The van der Waals surface area contributed by atoms with E-state index in [1.807, 2.05) is 36.4 Å². The van der Waals surface area contributed by atoms with Crippen LogP contribution in [0.2, 0.25) is 10.0 Å². The molecule has 0 aliphatic rings. The predicted octanol–water partition coefficient (Wildman–Crippen LogP) is 4.04. The summed E-state index contributed by atoms with van der Waals surface area (Å²) in [6.07, 6.45) is -0.397. The van der Waals surface area contributed by atoms with Gasteiger partial charge in [-0.1, -0.05) is 41.4 Å². The normalized spacial score (nSPS) is 12.2. The van der Waals surface area contributed by atoms with Crippen LogP contribution in [0.4, 0.5) is 0 Å². The third-order valence-corrected chi connectivity index (χ3v) is 3.72. The highest BCUT2D eigenvalue weighted by atomic mass is 35.5. The van der Waals surface area contributed by atoms with Gasteiger partial charge in [0, 0.05) is 34.3 Å². The van der Waals surface area contributed by atoms with E-state index in [1.54, 1.807) is 13.0 Å². The van der Waals surface area contributed by atoms with Crippen molar-refractivity contribution in [1.82, 2.24) is 5.32 Å². The van der Waals surface area contributed by atoms with Crippen LogP contribution in [0.15, 0.2) is 42.5 Å². The summed E-state index contributed by atoms with van der Waals surface area (Å²) in [7, 11) is 0. The first-order valence-corrected chi connectivity index (χ1v) is 7.85. The number of nitrogens with one attached hydrogen (secondary N) is 1. The van der Waals surface area contributed by atoms with Crippen LogP contribution < -0.4 is 10.1 Å². The quantitative estimate of drug-likeness (QED) is 0.799. The molecule has 5 heteroatoms. The molecule has 0 amide bonds. The molecule has 0 aliphatic carbocycles. The van der Waals surface area contributed by atoms with E-state index in [1.165, 1.54) is 0 Å². The molecule has 0 bridgehead atoms. The Morgan fingerprint density at radius 3 is 2.64 bits per heavy atom. The fourth-order valence-corrected chi connectivity index (χ4v) is 2.40. The molecule has 1 atom stereocenters. The Morgan fingerprint density at radius 2 is 1.91 bits per heavy atom. The van der Waals surface area contributed by atoms with Crippen molar-refractivity contribution < 1.29 is 9.84 Å². The average Bonchev–Trinajstić information content (AvgIpc) is 2.47.